The Morgan fingerprint density at radius 2 is 1.61 bits per heavy atom. The first-order valence-corrected chi connectivity index (χ1v) is 8.35. The highest BCUT2D eigenvalue weighted by Crippen LogP contribution is 2.09. The van der Waals surface area contributed by atoms with Gasteiger partial charge in [0.25, 0.3) is 0 Å². The molecule has 0 radical (unpaired) electrons. The number of hydrogen-bond acceptors (Lipinski definition) is 4. The highest BCUT2D eigenvalue weighted by molar-refractivity contribution is 6.44. The first kappa shape index (κ1) is 17.3. The Morgan fingerprint density at radius 3 is 2.17 bits per heavy atom. The average molecular weight is 274 g/mol. The van der Waals surface area contributed by atoms with Crippen molar-refractivity contribution in [3.8, 4) is 0 Å². The lowest BCUT2D eigenvalue weighted by molar-refractivity contribution is -0.137. The quantitative estimate of drug-likeness (QED) is 0.237. The van der Waals surface area contributed by atoms with Crippen LogP contribution in [0.4, 0.5) is 0 Å². The van der Waals surface area contributed by atoms with Gasteiger partial charge in [-0.05, 0) is 12.5 Å². The first-order chi connectivity index (χ1) is 8.74. The Morgan fingerprint density at radius 1 is 1.06 bits per heavy atom. The van der Waals surface area contributed by atoms with Crippen LogP contribution >= 0.6 is 0 Å². The van der Waals surface area contributed by atoms with E-state index in [4.69, 9.17) is 13.6 Å². The standard InChI is InChI=1S/C13H26O4Si/c1-4-13(14)17-11-9-7-5-6-8-10-12-18(15-2)16-3/h4,18H,1,5-12H2,2-3H3. The number of unbranched alkanes of at least 4 members (excludes halogenated alkanes) is 5. The molecule has 0 N–H and O–H groups in total. The van der Waals surface area contributed by atoms with Crippen molar-refractivity contribution in [2.45, 2.75) is 44.6 Å². The van der Waals surface area contributed by atoms with E-state index in [1.165, 1.54) is 31.8 Å². The largest absolute Gasteiger partial charge is 0.463 e. The molecule has 0 saturated carbocycles. The van der Waals surface area contributed by atoms with Crippen molar-refractivity contribution in [2.75, 3.05) is 20.8 Å². The van der Waals surface area contributed by atoms with Crippen LogP contribution in [-0.2, 0) is 18.4 Å². The summed E-state index contributed by atoms with van der Waals surface area (Å²) in [5, 5.41) is 0. The second-order valence-corrected chi connectivity index (χ2v) is 6.56. The maximum absolute atomic E-state index is 10.7. The predicted molar refractivity (Wildman–Crippen MR) is 74.8 cm³/mol. The third-order valence-corrected chi connectivity index (χ3v) is 4.70. The summed E-state index contributed by atoms with van der Waals surface area (Å²) in [7, 11) is 2.11. The van der Waals surface area contributed by atoms with Crippen molar-refractivity contribution < 1.29 is 18.4 Å². The topological polar surface area (TPSA) is 44.8 Å². The molecule has 0 aliphatic heterocycles. The second-order valence-electron chi connectivity index (χ2n) is 4.18. The lowest BCUT2D eigenvalue weighted by atomic mass is 10.1. The molecule has 0 rings (SSSR count). The van der Waals surface area contributed by atoms with Gasteiger partial charge in [0.15, 0.2) is 0 Å². The Bertz CT molecular complexity index is 217. The van der Waals surface area contributed by atoms with Gasteiger partial charge in [0.05, 0.1) is 6.61 Å². The van der Waals surface area contributed by atoms with Gasteiger partial charge in [-0.25, -0.2) is 4.79 Å². The van der Waals surface area contributed by atoms with Crippen LogP contribution in [0, 0.1) is 0 Å². The van der Waals surface area contributed by atoms with Gasteiger partial charge in [-0.2, -0.15) is 0 Å². The summed E-state index contributed by atoms with van der Waals surface area (Å²) in [6, 6.07) is 1.09. The Balaban J connectivity index is 3.16. The lowest BCUT2D eigenvalue weighted by Gasteiger charge is -2.10. The maximum Gasteiger partial charge on any atom is 0.330 e. The Labute approximate surface area is 112 Å². The molecule has 5 heteroatoms. The fourth-order valence-corrected chi connectivity index (χ4v) is 2.97. The van der Waals surface area contributed by atoms with Crippen LogP contribution < -0.4 is 0 Å². The number of ether oxygens (including phenoxy) is 1. The molecule has 18 heavy (non-hydrogen) atoms. The van der Waals surface area contributed by atoms with E-state index in [0.29, 0.717) is 6.61 Å². The van der Waals surface area contributed by atoms with Crippen molar-refractivity contribution in [2.24, 2.45) is 0 Å². The van der Waals surface area contributed by atoms with Crippen molar-refractivity contribution in [1.29, 1.82) is 0 Å². The maximum atomic E-state index is 10.7. The molecule has 0 bridgehead atoms. The molecule has 0 saturated heterocycles. The van der Waals surface area contributed by atoms with E-state index in [2.05, 4.69) is 6.58 Å². The van der Waals surface area contributed by atoms with E-state index in [-0.39, 0.29) is 5.97 Å². The van der Waals surface area contributed by atoms with E-state index in [9.17, 15) is 4.79 Å². The van der Waals surface area contributed by atoms with Crippen LogP contribution in [0.25, 0.3) is 0 Å². The van der Waals surface area contributed by atoms with Crippen molar-refractivity contribution >= 4 is 15.3 Å². The van der Waals surface area contributed by atoms with Gasteiger partial charge in [-0.15, -0.1) is 0 Å². The van der Waals surface area contributed by atoms with Crippen molar-refractivity contribution in [3.05, 3.63) is 12.7 Å². The zero-order valence-electron chi connectivity index (χ0n) is 11.7. The monoisotopic (exact) mass is 274 g/mol. The predicted octanol–water partition coefficient (Wildman–Crippen LogP) is 2.57. The van der Waals surface area contributed by atoms with Gasteiger partial charge in [0, 0.05) is 20.3 Å². The minimum atomic E-state index is -1.34. The molecule has 0 amide bonds. The minimum absolute atomic E-state index is 0.329. The van der Waals surface area contributed by atoms with Crippen LogP contribution in [0.1, 0.15) is 38.5 Å². The molecule has 0 aromatic carbocycles. The summed E-state index contributed by atoms with van der Waals surface area (Å²) >= 11 is 0. The molecule has 0 aromatic rings. The van der Waals surface area contributed by atoms with Crippen molar-refractivity contribution in [3.63, 3.8) is 0 Å². The molecule has 0 spiro atoms. The highest BCUT2D eigenvalue weighted by atomic mass is 28.3. The highest BCUT2D eigenvalue weighted by Gasteiger charge is 2.07. The lowest BCUT2D eigenvalue weighted by Crippen LogP contribution is -2.18. The van der Waals surface area contributed by atoms with E-state index in [1.807, 2.05) is 0 Å². The molecule has 4 nitrogen and oxygen atoms in total. The molecule has 0 aliphatic rings. The normalized spacial score (nSPS) is 10.6. The van der Waals surface area contributed by atoms with E-state index < -0.39 is 9.28 Å². The first-order valence-electron chi connectivity index (χ1n) is 6.59. The van der Waals surface area contributed by atoms with Gasteiger partial charge in [-0.1, -0.05) is 38.7 Å². The fraction of sp³-hybridized carbons (Fsp3) is 0.769. The number of hydrogen-bond donors (Lipinski definition) is 0. The van der Waals surface area contributed by atoms with Crippen LogP contribution in [0.5, 0.6) is 0 Å². The van der Waals surface area contributed by atoms with E-state index in [1.54, 1.807) is 14.2 Å². The smallest absolute Gasteiger partial charge is 0.330 e. The van der Waals surface area contributed by atoms with E-state index in [0.717, 1.165) is 18.9 Å². The molecular weight excluding hydrogens is 248 g/mol. The van der Waals surface area contributed by atoms with Gasteiger partial charge in [-0.3, -0.25) is 0 Å². The van der Waals surface area contributed by atoms with Gasteiger partial charge in [0.1, 0.15) is 0 Å². The molecule has 0 aromatic heterocycles. The zero-order valence-corrected chi connectivity index (χ0v) is 12.8. The van der Waals surface area contributed by atoms with Crippen LogP contribution in [0.2, 0.25) is 6.04 Å². The SMILES string of the molecule is C=CC(=O)OCCCCCCCC[SiH](OC)OC. The van der Waals surface area contributed by atoms with Gasteiger partial charge >= 0.3 is 15.3 Å². The van der Waals surface area contributed by atoms with Gasteiger partial charge < -0.3 is 13.6 Å². The number of rotatable bonds is 12. The second kappa shape index (κ2) is 12.8. The summed E-state index contributed by atoms with van der Waals surface area (Å²) in [5.41, 5.74) is 0. The van der Waals surface area contributed by atoms with E-state index >= 15 is 0 Å². The molecule has 0 fully saturated rings. The van der Waals surface area contributed by atoms with Crippen molar-refractivity contribution in [1.82, 2.24) is 0 Å². The number of carbonyl (C=O) groups is 1. The molecule has 0 atom stereocenters. The Hall–Kier alpha value is -0.653. The third kappa shape index (κ3) is 10.5. The molecule has 0 aliphatic carbocycles. The minimum Gasteiger partial charge on any atom is -0.463 e. The molecule has 0 unspecified atom stereocenters. The van der Waals surface area contributed by atoms with Crippen LogP contribution in [-0.4, -0.2) is 36.1 Å². The summed E-state index contributed by atoms with van der Waals surface area (Å²) in [6.07, 6.45) is 8.08. The third-order valence-electron chi connectivity index (χ3n) is 2.77. The zero-order chi connectivity index (χ0) is 13.6. The fourth-order valence-electron chi connectivity index (χ4n) is 1.68. The molecular formula is C13H26O4Si. The van der Waals surface area contributed by atoms with Crippen LogP contribution in [0.15, 0.2) is 12.7 Å². The van der Waals surface area contributed by atoms with Gasteiger partial charge in [0.2, 0.25) is 0 Å². The number of carbonyl (C=O) groups excluding carboxylic acids is 1. The molecule has 0 heterocycles. The summed E-state index contributed by atoms with van der Waals surface area (Å²) in [6.45, 7) is 3.85. The summed E-state index contributed by atoms with van der Waals surface area (Å²) in [5.74, 6) is -0.329. The average Bonchev–Trinajstić information content (AvgIpc) is 2.40. The Kier molecular flexibility index (Phi) is 12.3. The summed E-state index contributed by atoms with van der Waals surface area (Å²) < 4.78 is 15.4. The number of esters is 1. The van der Waals surface area contributed by atoms with Crippen LogP contribution in [0.3, 0.4) is 0 Å². The molecule has 106 valence electrons. The summed E-state index contributed by atoms with van der Waals surface area (Å²) in [4.78, 5) is 10.7.